The van der Waals surface area contributed by atoms with Gasteiger partial charge < -0.3 is 14.8 Å². The average molecular weight is 399 g/mol. The Morgan fingerprint density at radius 1 is 1.10 bits per heavy atom. The third kappa shape index (κ3) is 7.54. The van der Waals surface area contributed by atoms with Gasteiger partial charge in [0, 0.05) is 24.9 Å². The quantitative estimate of drug-likeness (QED) is 0.516. The van der Waals surface area contributed by atoms with E-state index >= 15 is 0 Å². The van der Waals surface area contributed by atoms with Gasteiger partial charge in [-0.3, -0.25) is 19.5 Å². The minimum Gasteiger partial charge on any atom is -0.457 e. The van der Waals surface area contributed by atoms with E-state index in [0.717, 1.165) is 18.7 Å². The second-order valence-electron chi connectivity index (χ2n) is 7.75. The Balaban J connectivity index is 1.83. The van der Waals surface area contributed by atoms with E-state index in [2.05, 4.69) is 10.3 Å². The van der Waals surface area contributed by atoms with Gasteiger partial charge in [0.2, 0.25) is 6.79 Å². The third-order valence-electron chi connectivity index (χ3n) is 4.13. The number of aromatic nitrogens is 1. The molecule has 0 fully saturated rings. The summed E-state index contributed by atoms with van der Waals surface area (Å²) in [6.07, 6.45) is 2.57. The van der Waals surface area contributed by atoms with Crippen LogP contribution in [0.15, 0.2) is 48.7 Å². The average Bonchev–Trinajstić information content (AvgIpc) is 2.70. The summed E-state index contributed by atoms with van der Waals surface area (Å²) in [4.78, 5) is 30.7. The van der Waals surface area contributed by atoms with Gasteiger partial charge in [-0.2, -0.15) is 0 Å². The zero-order chi connectivity index (χ0) is 21.3. The lowest BCUT2D eigenvalue weighted by Crippen LogP contribution is -2.36. The Labute approximate surface area is 172 Å². The molecule has 0 radical (unpaired) electrons. The van der Waals surface area contributed by atoms with Crippen molar-refractivity contribution >= 4 is 11.9 Å². The molecule has 2 rings (SSSR count). The van der Waals surface area contributed by atoms with Gasteiger partial charge in [-0.1, -0.05) is 18.2 Å². The van der Waals surface area contributed by atoms with Crippen LogP contribution in [0.4, 0.5) is 0 Å². The zero-order valence-corrected chi connectivity index (χ0v) is 17.5. The number of carbonyl (C=O) groups excluding carboxylic acids is 2. The summed E-state index contributed by atoms with van der Waals surface area (Å²) < 4.78 is 10.6. The molecule has 1 aromatic carbocycles. The van der Waals surface area contributed by atoms with E-state index < -0.39 is 5.41 Å². The predicted molar refractivity (Wildman–Crippen MR) is 110 cm³/mol. The molecule has 0 unspecified atom stereocenters. The second-order valence-corrected chi connectivity index (χ2v) is 7.75. The van der Waals surface area contributed by atoms with Crippen molar-refractivity contribution in [1.29, 1.82) is 0 Å². The number of nitrogens with one attached hydrogen (secondary N) is 1. The summed E-state index contributed by atoms with van der Waals surface area (Å²) >= 11 is 0. The van der Waals surface area contributed by atoms with Crippen molar-refractivity contribution in [2.75, 3.05) is 27.1 Å². The van der Waals surface area contributed by atoms with E-state index in [1.807, 2.05) is 30.1 Å². The molecule has 0 aliphatic heterocycles. The fourth-order valence-corrected chi connectivity index (χ4v) is 2.38. The molecular weight excluding hydrogens is 370 g/mol. The molecule has 1 N–H and O–H groups in total. The van der Waals surface area contributed by atoms with Crippen LogP contribution < -0.4 is 10.1 Å². The number of hydrogen-bond donors (Lipinski definition) is 1. The summed E-state index contributed by atoms with van der Waals surface area (Å²) in [5.41, 5.74) is 0.784. The summed E-state index contributed by atoms with van der Waals surface area (Å²) in [7, 11) is 1.93. The van der Waals surface area contributed by atoms with Crippen molar-refractivity contribution in [3.63, 3.8) is 0 Å². The first-order valence-electron chi connectivity index (χ1n) is 9.53. The fourth-order valence-electron chi connectivity index (χ4n) is 2.38. The number of ether oxygens (including phenoxy) is 2. The van der Waals surface area contributed by atoms with E-state index in [0.29, 0.717) is 18.0 Å². The van der Waals surface area contributed by atoms with Gasteiger partial charge in [-0.25, -0.2) is 0 Å². The van der Waals surface area contributed by atoms with Crippen molar-refractivity contribution in [1.82, 2.24) is 15.2 Å². The molecule has 0 spiro atoms. The van der Waals surface area contributed by atoms with E-state index in [4.69, 9.17) is 9.47 Å². The van der Waals surface area contributed by atoms with Crippen molar-refractivity contribution in [3.8, 4) is 5.75 Å². The Bertz CT molecular complexity index is 803. The van der Waals surface area contributed by atoms with Crippen LogP contribution in [0.3, 0.4) is 0 Å². The number of nitrogens with zero attached hydrogens (tertiary/aromatic N) is 2. The molecule has 29 heavy (non-hydrogen) atoms. The van der Waals surface area contributed by atoms with Crippen LogP contribution >= 0.6 is 0 Å². The van der Waals surface area contributed by atoms with Gasteiger partial charge in [0.15, 0.2) is 0 Å². The number of pyridine rings is 1. The maximum atomic E-state index is 12.6. The minimum absolute atomic E-state index is 0.246. The number of rotatable bonds is 9. The first-order valence-corrected chi connectivity index (χ1v) is 9.53. The molecule has 1 amide bonds. The van der Waals surface area contributed by atoms with Crippen LogP contribution in [0, 0.1) is 5.41 Å². The summed E-state index contributed by atoms with van der Waals surface area (Å²) in [6.45, 7) is 6.20. The van der Waals surface area contributed by atoms with Gasteiger partial charge in [-0.15, -0.1) is 0 Å². The normalized spacial score (nSPS) is 11.2. The number of esters is 1. The highest BCUT2D eigenvalue weighted by Gasteiger charge is 2.23. The molecule has 7 heteroatoms. The largest absolute Gasteiger partial charge is 0.457 e. The molecule has 0 aliphatic rings. The monoisotopic (exact) mass is 399 g/mol. The van der Waals surface area contributed by atoms with Crippen LogP contribution in [-0.2, 0) is 16.0 Å². The molecule has 0 saturated heterocycles. The zero-order valence-electron chi connectivity index (χ0n) is 17.5. The van der Waals surface area contributed by atoms with Crippen molar-refractivity contribution in [2.24, 2.45) is 5.41 Å². The highest BCUT2D eigenvalue weighted by molar-refractivity contribution is 5.96. The molecule has 0 bridgehead atoms. The molecule has 0 atom stereocenters. The number of likely N-dealkylation sites (N-methyl/N-ethyl adjacent to an activating group) is 1. The highest BCUT2D eigenvalue weighted by Crippen LogP contribution is 2.19. The molecule has 0 aliphatic carbocycles. The van der Waals surface area contributed by atoms with E-state index in [-0.39, 0.29) is 18.7 Å². The molecular formula is C22H29N3O4. The smallest absolute Gasteiger partial charge is 0.314 e. The molecule has 1 aromatic heterocycles. The van der Waals surface area contributed by atoms with E-state index in [1.165, 1.54) is 0 Å². The third-order valence-corrected chi connectivity index (χ3v) is 4.13. The minimum atomic E-state index is -0.611. The van der Waals surface area contributed by atoms with E-state index in [1.54, 1.807) is 51.2 Å². The van der Waals surface area contributed by atoms with Crippen LogP contribution in [0.1, 0.15) is 36.8 Å². The van der Waals surface area contributed by atoms with Crippen LogP contribution in [0.25, 0.3) is 0 Å². The first-order chi connectivity index (χ1) is 13.8. The van der Waals surface area contributed by atoms with Gasteiger partial charge in [0.1, 0.15) is 5.75 Å². The highest BCUT2D eigenvalue weighted by atomic mass is 16.7. The summed E-state index contributed by atoms with van der Waals surface area (Å²) in [6, 6.07) is 12.7. The number of hydrogen-bond acceptors (Lipinski definition) is 6. The Hall–Kier alpha value is -2.93. The standard InChI is InChI=1S/C22H29N3O4/c1-22(2,3)21(27)29-16-28-19-11-6-5-10-18(19)20(26)24-15-25(4)14-12-17-9-7-8-13-23-17/h5-11,13H,12,14-16H2,1-4H3,(H,24,26). The number of para-hydroxylation sites is 1. The molecule has 156 valence electrons. The van der Waals surface area contributed by atoms with Crippen molar-refractivity contribution in [3.05, 3.63) is 59.9 Å². The lowest BCUT2D eigenvalue weighted by molar-refractivity contribution is -0.159. The van der Waals surface area contributed by atoms with Gasteiger partial charge in [0.05, 0.1) is 17.6 Å². The Kier molecular flexibility index (Phi) is 8.15. The summed E-state index contributed by atoms with van der Waals surface area (Å²) in [5, 5.41) is 2.88. The number of carbonyl (C=O) groups is 2. The Morgan fingerprint density at radius 3 is 2.52 bits per heavy atom. The number of amides is 1. The lowest BCUT2D eigenvalue weighted by atomic mass is 9.98. The van der Waals surface area contributed by atoms with Crippen molar-refractivity contribution < 1.29 is 19.1 Å². The lowest BCUT2D eigenvalue weighted by Gasteiger charge is -2.19. The van der Waals surface area contributed by atoms with Crippen LogP contribution in [-0.4, -0.2) is 48.8 Å². The molecule has 2 aromatic rings. The van der Waals surface area contributed by atoms with E-state index in [9.17, 15) is 9.59 Å². The first kappa shape index (κ1) is 22.4. The maximum Gasteiger partial charge on any atom is 0.314 e. The van der Waals surface area contributed by atoms with Gasteiger partial charge >= 0.3 is 5.97 Å². The molecule has 0 saturated carbocycles. The topological polar surface area (TPSA) is 80.8 Å². The van der Waals surface area contributed by atoms with Crippen LogP contribution in [0.5, 0.6) is 5.75 Å². The summed E-state index contributed by atoms with van der Waals surface area (Å²) in [5.74, 6) is -0.260. The number of benzene rings is 1. The van der Waals surface area contributed by atoms with Crippen molar-refractivity contribution in [2.45, 2.75) is 27.2 Å². The Morgan fingerprint density at radius 2 is 1.83 bits per heavy atom. The fraction of sp³-hybridized carbons (Fsp3) is 0.409. The maximum absolute atomic E-state index is 12.6. The molecule has 7 nitrogen and oxygen atoms in total. The second kappa shape index (κ2) is 10.6. The SMILES string of the molecule is CN(CCc1ccccn1)CNC(=O)c1ccccc1OCOC(=O)C(C)(C)C. The van der Waals surface area contributed by atoms with Gasteiger partial charge in [-0.05, 0) is 52.1 Å². The van der Waals surface area contributed by atoms with Gasteiger partial charge in [0.25, 0.3) is 5.91 Å². The molecule has 1 heterocycles. The van der Waals surface area contributed by atoms with Crippen LogP contribution in [0.2, 0.25) is 0 Å². The predicted octanol–water partition coefficient (Wildman–Crippen LogP) is 2.87.